The van der Waals surface area contributed by atoms with Crippen LogP contribution in [0.3, 0.4) is 0 Å². The van der Waals surface area contributed by atoms with Crippen LogP contribution in [0.1, 0.15) is 11.1 Å². The molecule has 0 aliphatic carbocycles. The highest BCUT2D eigenvalue weighted by Crippen LogP contribution is 2.32. The lowest BCUT2D eigenvalue weighted by molar-refractivity contribution is 0.430. The Morgan fingerprint density at radius 1 is 0.931 bits per heavy atom. The first kappa shape index (κ1) is 17.7. The van der Waals surface area contributed by atoms with Gasteiger partial charge in [0.2, 0.25) is 5.76 Å². The van der Waals surface area contributed by atoms with Crippen molar-refractivity contribution in [2.45, 2.75) is 13.5 Å². The van der Waals surface area contributed by atoms with Gasteiger partial charge >= 0.3 is 0 Å². The molecule has 0 fully saturated rings. The molecule has 0 aliphatic rings. The molecule has 2 aromatic heterocycles. The number of benzene rings is 3. The Bertz CT molecular complexity index is 1300. The fourth-order valence-corrected chi connectivity index (χ4v) is 3.71. The predicted molar refractivity (Wildman–Crippen MR) is 116 cm³/mol. The molecule has 0 atom stereocenters. The number of nitrogens with zero attached hydrogens (tertiary/aromatic N) is 3. The molecule has 5 rings (SSSR count). The second kappa shape index (κ2) is 7.22. The van der Waals surface area contributed by atoms with Crippen LogP contribution in [-0.2, 0) is 6.54 Å². The van der Waals surface area contributed by atoms with Crippen molar-refractivity contribution in [1.82, 2.24) is 14.7 Å². The molecule has 0 spiro atoms. The third-order valence-electron chi connectivity index (χ3n) is 5.00. The third kappa shape index (κ3) is 3.32. The first-order chi connectivity index (χ1) is 14.2. The highest BCUT2D eigenvalue weighted by Gasteiger charge is 2.18. The number of hydrogen-bond donors (Lipinski definition) is 0. The van der Waals surface area contributed by atoms with Crippen LogP contribution >= 0.6 is 11.6 Å². The van der Waals surface area contributed by atoms with Crippen molar-refractivity contribution in [2.75, 3.05) is 0 Å². The van der Waals surface area contributed by atoms with Crippen molar-refractivity contribution in [3.05, 3.63) is 95.0 Å². The molecule has 3 aromatic carbocycles. The topological polar surface area (TPSA) is 43.9 Å². The minimum absolute atomic E-state index is 0.614. The van der Waals surface area contributed by atoms with Crippen molar-refractivity contribution in [1.29, 1.82) is 0 Å². The first-order valence-electron chi connectivity index (χ1n) is 9.42. The van der Waals surface area contributed by atoms with Crippen molar-refractivity contribution in [3.8, 4) is 22.8 Å². The van der Waals surface area contributed by atoms with Crippen LogP contribution in [-0.4, -0.2) is 14.7 Å². The van der Waals surface area contributed by atoms with Crippen molar-refractivity contribution in [2.24, 2.45) is 0 Å². The number of para-hydroxylation sites is 2. The number of aromatic nitrogens is 3. The molecule has 0 saturated heterocycles. The van der Waals surface area contributed by atoms with E-state index in [0.717, 1.165) is 22.4 Å². The van der Waals surface area contributed by atoms with Crippen LogP contribution in [0.4, 0.5) is 0 Å². The lowest BCUT2D eigenvalue weighted by atomic mass is 10.1. The van der Waals surface area contributed by atoms with Crippen molar-refractivity contribution < 1.29 is 4.52 Å². The normalized spacial score (nSPS) is 11.2. The second-order valence-electron chi connectivity index (χ2n) is 7.05. The van der Waals surface area contributed by atoms with Crippen LogP contribution in [0.15, 0.2) is 83.4 Å². The largest absolute Gasteiger partial charge is 0.352 e. The fourth-order valence-electron chi connectivity index (χ4n) is 3.48. The van der Waals surface area contributed by atoms with Gasteiger partial charge in [0, 0.05) is 18.2 Å². The monoisotopic (exact) mass is 399 g/mol. The van der Waals surface area contributed by atoms with E-state index in [1.54, 1.807) is 0 Å². The van der Waals surface area contributed by atoms with Gasteiger partial charge in [0.15, 0.2) is 5.82 Å². The van der Waals surface area contributed by atoms with Gasteiger partial charge < -0.3 is 9.09 Å². The summed E-state index contributed by atoms with van der Waals surface area (Å²) in [6.07, 6.45) is 0. The summed E-state index contributed by atoms with van der Waals surface area (Å²) in [6, 6.07) is 26.1. The molecule has 2 heterocycles. The van der Waals surface area contributed by atoms with Gasteiger partial charge in [0.25, 0.3) is 0 Å². The third-order valence-corrected chi connectivity index (χ3v) is 5.33. The SMILES string of the molecule is Cc1ccc(Cn2c(-c3cc(-c4ccccc4Cl)no3)nc3ccccc32)cc1. The number of fused-ring (bicyclic) bond motifs is 1. The summed E-state index contributed by atoms with van der Waals surface area (Å²) < 4.78 is 7.86. The molecule has 5 aromatic rings. The highest BCUT2D eigenvalue weighted by atomic mass is 35.5. The van der Waals surface area contributed by atoms with Crippen LogP contribution in [0.25, 0.3) is 33.9 Å². The van der Waals surface area contributed by atoms with Gasteiger partial charge in [-0.2, -0.15) is 0 Å². The molecule has 0 saturated carbocycles. The van der Waals surface area contributed by atoms with Gasteiger partial charge in [-0.25, -0.2) is 4.98 Å². The number of rotatable bonds is 4. The summed E-state index contributed by atoms with van der Waals surface area (Å²) >= 11 is 6.33. The van der Waals surface area contributed by atoms with Crippen molar-refractivity contribution in [3.63, 3.8) is 0 Å². The molecule has 29 heavy (non-hydrogen) atoms. The van der Waals surface area contributed by atoms with Crippen LogP contribution in [0.5, 0.6) is 0 Å². The maximum Gasteiger partial charge on any atom is 0.203 e. The molecule has 142 valence electrons. The Hall–Kier alpha value is -3.37. The van der Waals surface area contributed by atoms with Gasteiger partial charge in [-0.1, -0.05) is 76.9 Å². The van der Waals surface area contributed by atoms with E-state index < -0.39 is 0 Å². The maximum absolute atomic E-state index is 6.33. The van der Waals surface area contributed by atoms with E-state index in [0.29, 0.717) is 23.0 Å². The molecule has 0 bridgehead atoms. The molecule has 4 nitrogen and oxygen atoms in total. The Balaban J connectivity index is 1.62. The molecular formula is C24H18ClN3O. The van der Waals surface area contributed by atoms with E-state index >= 15 is 0 Å². The minimum Gasteiger partial charge on any atom is -0.352 e. The second-order valence-corrected chi connectivity index (χ2v) is 7.46. The van der Waals surface area contributed by atoms with Crippen LogP contribution in [0, 0.1) is 6.92 Å². The average Bonchev–Trinajstić information content (AvgIpc) is 3.35. The number of halogens is 1. The Labute approximate surface area is 173 Å². The Kier molecular flexibility index (Phi) is 4.41. The highest BCUT2D eigenvalue weighted by molar-refractivity contribution is 6.33. The summed E-state index contributed by atoms with van der Waals surface area (Å²) in [5.74, 6) is 1.36. The molecule has 0 N–H and O–H groups in total. The summed E-state index contributed by atoms with van der Waals surface area (Å²) in [6.45, 7) is 2.78. The zero-order valence-electron chi connectivity index (χ0n) is 15.8. The molecule has 0 aliphatic heterocycles. The Morgan fingerprint density at radius 2 is 1.69 bits per heavy atom. The van der Waals surface area contributed by atoms with Gasteiger partial charge in [0.1, 0.15) is 5.69 Å². The smallest absolute Gasteiger partial charge is 0.203 e. The molecular weight excluding hydrogens is 382 g/mol. The summed E-state index contributed by atoms with van der Waals surface area (Å²) in [4.78, 5) is 4.82. The summed E-state index contributed by atoms with van der Waals surface area (Å²) in [5, 5.41) is 4.88. The zero-order valence-corrected chi connectivity index (χ0v) is 16.6. The molecule has 5 heteroatoms. The molecule has 0 radical (unpaired) electrons. The number of hydrogen-bond acceptors (Lipinski definition) is 3. The van der Waals surface area contributed by atoms with E-state index in [1.807, 2.05) is 48.5 Å². The summed E-state index contributed by atoms with van der Waals surface area (Å²) in [5.41, 5.74) is 5.95. The van der Waals surface area contributed by atoms with Crippen LogP contribution in [0.2, 0.25) is 5.02 Å². The maximum atomic E-state index is 6.33. The van der Waals surface area contributed by atoms with Gasteiger partial charge in [-0.3, -0.25) is 0 Å². The Morgan fingerprint density at radius 3 is 2.52 bits per heavy atom. The number of aryl methyl sites for hydroxylation is 1. The predicted octanol–water partition coefficient (Wildman–Crippen LogP) is 6.37. The van der Waals surface area contributed by atoms with Crippen molar-refractivity contribution >= 4 is 22.6 Å². The van der Waals surface area contributed by atoms with E-state index in [1.165, 1.54) is 11.1 Å². The minimum atomic E-state index is 0.614. The van der Waals surface area contributed by atoms with E-state index in [2.05, 4.69) is 47.0 Å². The standard InChI is InChI=1S/C24H18ClN3O/c1-16-10-12-17(13-11-16)15-28-22-9-5-4-8-20(22)26-24(28)23-14-21(27-29-23)18-6-2-3-7-19(18)25/h2-14H,15H2,1H3. The van der Waals surface area contributed by atoms with Crippen LogP contribution < -0.4 is 0 Å². The fraction of sp³-hybridized carbons (Fsp3) is 0.0833. The lowest BCUT2D eigenvalue weighted by Gasteiger charge is -2.08. The van der Waals surface area contributed by atoms with Gasteiger partial charge in [-0.05, 0) is 30.7 Å². The van der Waals surface area contributed by atoms with Gasteiger partial charge in [-0.15, -0.1) is 0 Å². The number of imidazole rings is 1. The first-order valence-corrected chi connectivity index (χ1v) is 9.79. The van der Waals surface area contributed by atoms with E-state index in [-0.39, 0.29) is 0 Å². The van der Waals surface area contributed by atoms with E-state index in [9.17, 15) is 0 Å². The quantitative estimate of drug-likeness (QED) is 0.352. The summed E-state index contributed by atoms with van der Waals surface area (Å²) in [7, 11) is 0. The molecule has 0 unspecified atom stereocenters. The van der Waals surface area contributed by atoms with E-state index in [4.69, 9.17) is 21.1 Å². The lowest BCUT2D eigenvalue weighted by Crippen LogP contribution is -2.02. The molecule has 0 amide bonds. The van der Waals surface area contributed by atoms with Gasteiger partial charge in [0.05, 0.1) is 16.1 Å². The zero-order chi connectivity index (χ0) is 19.8. The average molecular weight is 400 g/mol.